The average molecular weight is 182 g/mol. The molecule has 1 aliphatic rings. The van der Waals surface area contributed by atoms with Gasteiger partial charge in [0.2, 0.25) is 0 Å². The van der Waals surface area contributed by atoms with Crippen LogP contribution in [-0.4, -0.2) is 12.4 Å². The Bertz CT molecular complexity index is 206. The number of hydrogen-bond donors (Lipinski definition) is 0. The maximum absolute atomic E-state index is 11.0. The number of ether oxygens (including phenoxy) is 1. The lowest BCUT2D eigenvalue weighted by atomic mass is 9.90. The molecule has 1 atom stereocenters. The van der Waals surface area contributed by atoms with Crippen LogP contribution in [0.5, 0.6) is 0 Å². The van der Waals surface area contributed by atoms with E-state index in [9.17, 15) is 4.79 Å². The minimum atomic E-state index is 0.244. The van der Waals surface area contributed by atoms with Crippen molar-refractivity contribution in [2.75, 3.05) is 6.61 Å². The molecule has 0 spiro atoms. The van der Waals surface area contributed by atoms with E-state index in [-0.39, 0.29) is 5.92 Å². The molecular formula is C11H18O2. The Hall–Kier alpha value is -0.790. The van der Waals surface area contributed by atoms with Crippen LogP contribution in [-0.2, 0) is 9.53 Å². The van der Waals surface area contributed by atoms with E-state index in [1.54, 1.807) is 6.92 Å². The van der Waals surface area contributed by atoms with E-state index in [0.29, 0.717) is 5.78 Å². The molecule has 0 saturated heterocycles. The van der Waals surface area contributed by atoms with Crippen molar-refractivity contribution in [2.24, 2.45) is 5.92 Å². The molecule has 0 bridgehead atoms. The summed E-state index contributed by atoms with van der Waals surface area (Å²) in [4.78, 5) is 11.0. The number of allylic oxidation sites excluding steroid dienone is 2. The van der Waals surface area contributed by atoms with Crippen LogP contribution in [0.3, 0.4) is 0 Å². The molecule has 0 aromatic carbocycles. The van der Waals surface area contributed by atoms with Gasteiger partial charge < -0.3 is 4.74 Å². The highest BCUT2D eigenvalue weighted by atomic mass is 16.5. The SMILES string of the molecule is CCCOC1=CCC(C(C)=O)CC1. The van der Waals surface area contributed by atoms with Crippen LogP contribution in [0.15, 0.2) is 11.8 Å². The molecule has 0 heterocycles. The maximum atomic E-state index is 11.0. The van der Waals surface area contributed by atoms with Crippen LogP contribution in [0, 0.1) is 5.92 Å². The van der Waals surface area contributed by atoms with E-state index in [0.717, 1.165) is 38.0 Å². The molecule has 0 aliphatic heterocycles. The fourth-order valence-electron chi connectivity index (χ4n) is 1.54. The van der Waals surface area contributed by atoms with E-state index < -0.39 is 0 Å². The molecule has 2 nitrogen and oxygen atoms in total. The number of rotatable bonds is 4. The van der Waals surface area contributed by atoms with Gasteiger partial charge in [-0.25, -0.2) is 0 Å². The lowest BCUT2D eigenvalue weighted by Gasteiger charge is -2.19. The summed E-state index contributed by atoms with van der Waals surface area (Å²) in [5.74, 6) is 1.64. The van der Waals surface area contributed by atoms with Crippen LogP contribution < -0.4 is 0 Å². The largest absolute Gasteiger partial charge is 0.498 e. The molecule has 0 N–H and O–H groups in total. The van der Waals surface area contributed by atoms with Crippen LogP contribution >= 0.6 is 0 Å². The second-order valence-electron chi connectivity index (χ2n) is 3.60. The zero-order valence-corrected chi connectivity index (χ0v) is 8.51. The van der Waals surface area contributed by atoms with E-state index in [1.165, 1.54) is 0 Å². The van der Waals surface area contributed by atoms with E-state index in [2.05, 4.69) is 13.0 Å². The topological polar surface area (TPSA) is 26.3 Å². The van der Waals surface area contributed by atoms with Gasteiger partial charge >= 0.3 is 0 Å². The Morgan fingerprint density at radius 2 is 2.46 bits per heavy atom. The summed E-state index contributed by atoms with van der Waals surface area (Å²) in [6.45, 7) is 4.58. The molecular weight excluding hydrogens is 164 g/mol. The van der Waals surface area contributed by atoms with Gasteiger partial charge in [0.05, 0.1) is 12.4 Å². The van der Waals surface area contributed by atoms with Crippen molar-refractivity contribution < 1.29 is 9.53 Å². The second kappa shape index (κ2) is 5.05. The third kappa shape index (κ3) is 3.21. The first-order chi connectivity index (χ1) is 6.24. The first-order valence-corrected chi connectivity index (χ1v) is 5.06. The fraction of sp³-hybridized carbons (Fsp3) is 0.727. The maximum Gasteiger partial charge on any atom is 0.133 e. The summed E-state index contributed by atoms with van der Waals surface area (Å²) in [6, 6.07) is 0. The smallest absolute Gasteiger partial charge is 0.133 e. The van der Waals surface area contributed by atoms with Gasteiger partial charge in [-0.3, -0.25) is 4.79 Å². The molecule has 74 valence electrons. The Kier molecular flexibility index (Phi) is 4.00. The van der Waals surface area contributed by atoms with Gasteiger partial charge in [-0.2, -0.15) is 0 Å². The average Bonchev–Trinajstić information content (AvgIpc) is 2.15. The van der Waals surface area contributed by atoms with Gasteiger partial charge in [-0.1, -0.05) is 6.92 Å². The first-order valence-electron chi connectivity index (χ1n) is 5.06. The number of Topliss-reactive ketones (excluding diaryl/α,β-unsaturated/α-hetero) is 1. The molecule has 0 aromatic heterocycles. The molecule has 1 unspecified atom stereocenters. The van der Waals surface area contributed by atoms with Crippen LogP contribution in [0.2, 0.25) is 0 Å². The number of hydrogen-bond acceptors (Lipinski definition) is 2. The quantitative estimate of drug-likeness (QED) is 0.668. The molecule has 13 heavy (non-hydrogen) atoms. The van der Waals surface area contributed by atoms with Crippen molar-refractivity contribution in [3.05, 3.63) is 11.8 Å². The summed E-state index contributed by atoms with van der Waals surface area (Å²) in [6.07, 6.45) is 5.89. The molecule has 0 fully saturated rings. The first kappa shape index (κ1) is 10.3. The summed E-state index contributed by atoms with van der Waals surface area (Å²) >= 11 is 0. The molecule has 0 aromatic rings. The van der Waals surface area contributed by atoms with Crippen molar-refractivity contribution in [3.63, 3.8) is 0 Å². The van der Waals surface area contributed by atoms with Gasteiger partial charge in [0, 0.05) is 12.3 Å². The Balaban J connectivity index is 2.34. The lowest BCUT2D eigenvalue weighted by molar-refractivity contribution is -0.121. The molecule has 1 aliphatic carbocycles. The van der Waals surface area contributed by atoms with Gasteiger partial charge in [0.15, 0.2) is 0 Å². The molecule has 0 saturated carbocycles. The van der Waals surface area contributed by atoms with E-state index in [1.807, 2.05) is 0 Å². The van der Waals surface area contributed by atoms with Crippen molar-refractivity contribution >= 4 is 5.78 Å². The zero-order chi connectivity index (χ0) is 9.68. The third-order valence-electron chi connectivity index (χ3n) is 2.44. The van der Waals surface area contributed by atoms with Crippen molar-refractivity contribution in [1.82, 2.24) is 0 Å². The minimum Gasteiger partial charge on any atom is -0.498 e. The number of carbonyl (C=O) groups is 1. The Morgan fingerprint density at radius 3 is 2.92 bits per heavy atom. The number of ketones is 1. The van der Waals surface area contributed by atoms with E-state index >= 15 is 0 Å². The van der Waals surface area contributed by atoms with E-state index in [4.69, 9.17) is 4.74 Å². The Labute approximate surface area is 80.0 Å². The summed E-state index contributed by atoms with van der Waals surface area (Å²) < 4.78 is 5.51. The highest BCUT2D eigenvalue weighted by molar-refractivity contribution is 5.78. The van der Waals surface area contributed by atoms with Crippen molar-refractivity contribution in [2.45, 2.75) is 39.5 Å². The summed E-state index contributed by atoms with van der Waals surface area (Å²) in [7, 11) is 0. The second-order valence-corrected chi connectivity index (χ2v) is 3.60. The van der Waals surface area contributed by atoms with Crippen LogP contribution in [0.4, 0.5) is 0 Å². The van der Waals surface area contributed by atoms with Gasteiger partial charge in [0.1, 0.15) is 5.78 Å². The summed E-state index contributed by atoms with van der Waals surface area (Å²) in [5.41, 5.74) is 0. The van der Waals surface area contributed by atoms with Gasteiger partial charge in [-0.05, 0) is 32.3 Å². The zero-order valence-electron chi connectivity index (χ0n) is 8.51. The van der Waals surface area contributed by atoms with Crippen molar-refractivity contribution in [3.8, 4) is 0 Å². The highest BCUT2D eigenvalue weighted by Gasteiger charge is 2.18. The van der Waals surface area contributed by atoms with Gasteiger partial charge in [-0.15, -0.1) is 0 Å². The van der Waals surface area contributed by atoms with Crippen molar-refractivity contribution in [1.29, 1.82) is 0 Å². The highest BCUT2D eigenvalue weighted by Crippen LogP contribution is 2.24. The lowest BCUT2D eigenvalue weighted by Crippen LogP contribution is -2.14. The molecule has 2 heteroatoms. The van der Waals surface area contributed by atoms with Crippen LogP contribution in [0.25, 0.3) is 0 Å². The fourth-order valence-corrected chi connectivity index (χ4v) is 1.54. The molecule has 0 amide bonds. The monoisotopic (exact) mass is 182 g/mol. The molecule has 0 radical (unpaired) electrons. The number of carbonyl (C=O) groups excluding carboxylic acids is 1. The standard InChI is InChI=1S/C11H18O2/c1-3-8-13-11-6-4-10(5-7-11)9(2)12/h6,10H,3-5,7-8H2,1-2H3. The predicted molar refractivity (Wildman–Crippen MR) is 52.3 cm³/mol. The predicted octanol–water partition coefficient (Wildman–Crippen LogP) is 2.69. The minimum absolute atomic E-state index is 0.244. The normalized spacial score (nSPS) is 22.3. The Morgan fingerprint density at radius 1 is 1.69 bits per heavy atom. The summed E-state index contributed by atoms with van der Waals surface area (Å²) in [5, 5.41) is 0. The molecule has 1 rings (SSSR count). The third-order valence-corrected chi connectivity index (χ3v) is 2.44. The van der Waals surface area contributed by atoms with Crippen LogP contribution in [0.1, 0.15) is 39.5 Å². The van der Waals surface area contributed by atoms with Gasteiger partial charge in [0.25, 0.3) is 0 Å².